The van der Waals surface area contributed by atoms with Gasteiger partial charge in [-0.1, -0.05) is 24.3 Å². The molecule has 0 saturated carbocycles. The highest BCUT2D eigenvalue weighted by atomic mass is 32.2. The number of nitrogens with one attached hydrogen (secondary N) is 3. The summed E-state index contributed by atoms with van der Waals surface area (Å²) in [4.78, 5) is 40.4. The molecule has 0 atom stereocenters. The first kappa shape index (κ1) is 32.9. The average molecular weight is 707 g/mol. The number of hydrogen-bond acceptors (Lipinski definition) is 8. The van der Waals surface area contributed by atoms with Crippen LogP contribution in [0.4, 0.5) is 19.1 Å². The molecule has 258 valence electrons. The molecule has 3 N–H and O–H groups in total. The van der Waals surface area contributed by atoms with E-state index in [1.54, 1.807) is 12.1 Å². The fraction of sp³-hybridized carbons (Fsp3) is 0.235. The van der Waals surface area contributed by atoms with Gasteiger partial charge < -0.3 is 24.7 Å². The van der Waals surface area contributed by atoms with Crippen LogP contribution in [-0.4, -0.2) is 65.3 Å². The molecule has 7 rings (SSSR count). The van der Waals surface area contributed by atoms with Gasteiger partial charge in [0.1, 0.15) is 11.4 Å². The van der Waals surface area contributed by atoms with E-state index in [1.165, 1.54) is 35.2 Å². The molecule has 1 fully saturated rings. The van der Waals surface area contributed by atoms with Crippen molar-refractivity contribution in [1.82, 2.24) is 25.2 Å². The smallest absolute Gasteiger partial charge is 0.451 e. The number of aromatic amines is 1. The third-order valence-corrected chi connectivity index (χ3v) is 9.96. The lowest BCUT2D eigenvalue weighted by molar-refractivity contribution is -0.274. The predicted octanol–water partition coefficient (Wildman–Crippen LogP) is 5.70. The number of hydrogen-bond donors (Lipinski definition) is 3. The van der Waals surface area contributed by atoms with Crippen LogP contribution >= 0.6 is 0 Å². The number of alkyl halides is 3. The number of nitrogens with zero attached hydrogens (tertiary/aromatic N) is 3. The minimum Gasteiger partial charge on any atom is -0.451 e. The van der Waals surface area contributed by atoms with Crippen molar-refractivity contribution in [2.75, 3.05) is 17.8 Å². The fourth-order valence-corrected chi connectivity index (χ4v) is 7.23. The zero-order chi connectivity index (χ0) is 35.4. The Morgan fingerprint density at radius 2 is 1.68 bits per heavy atom. The maximum atomic E-state index is 13.6. The van der Waals surface area contributed by atoms with Crippen molar-refractivity contribution in [2.24, 2.45) is 0 Å². The van der Waals surface area contributed by atoms with Crippen LogP contribution in [0.1, 0.15) is 44.8 Å². The second-order valence-electron chi connectivity index (χ2n) is 12.1. The quantitative estimate of drug-likeness (QED) is 0.216. The molecule has 2 aromatic heterocycles. The SMILES string of the molecule is Cc1cccc(C)c1-c1cc2nc(n1)NS(=O)(=O)c1cccc(c1)C(=O)NC1(CCN(C(=O)c3cc4ccc(OC(F)(F)F)cc4[nH]3)CC1)O2. The molecule has 0 unspecified atom stereocenters. The summed E-state index contributed by atoms with van der Waals surface area (Å²) in [5, 5.41) is 3.45. The Morgan fingerprint density at radius 3 is 2.40 bits per heavy atom. The molecule has 1 saturated heterocycles. The number of carbonyl (C=O) groups is 2. The van der Waals surface area contributed by atoms with Crippen LogP contribution < -0.4 is 19.5 Å². The number of anilines is 1. The molecule has 16 heteroatoms. The van der Waals surface area contributed by atoms with Gasteiger partial charge in [-0.2, -0.15) is 4.98 Å². The van der Waals surface area contributed by atoms with E-state index in [0.717, 1.165) is 28.8 Å². The molecule has 0 radical (unpaired) electrons. The molecule has 0 aliphatic carbocycles. The molecule has 2 aliphatic rings. The van der Waals surface area contributed by atoms with Gasteiger partial charge in [0.05, 0.1) is 10.6 Å². The Morgan fingerprint density at radius 1 is 0.960 bits per heavy atom. The lowest BCUT2D eigenvalue weighted by Crippen LogP contribution is -2.59. The molecule has 4 bridgehead atoms. The van der Waals surface area contributed by atoms with Crippen LogP contribution in [0.25, 0.3) is 22.2 Å². The number of ether oxygens (including phenoxy) is 2. The molecule has 4 heterocycles. The van der Waals surface area contributed by atoms with Gasteiger partial charge in [0.25, 0.3) is 21.8 Å². The van der Waals surface area contributed by atoms with Crippen molar-refractivity contribution < 1.29 is 40.7 Å². The van der Waals surface area contributed by atoms with Crippen molar-refractivity contribution in [1.29, 1.82) is 0 Å². The number of aromatic nitrogens is 3. The molecule has 5 aromatic rings. The van der Waals surface area contributed by atoms with Gasteiger partial charge in [-0.15, -0.1) is 13.2 Å². The third kappa shape index (κ3) is 6.53. The Bertz CT molecular complexity index is 2260. The number of amides is 2. The van der Waals surface area contributed by atoms with Crippen LogP contribution in [0.15, 0.2) is 77.7 Å². The first-order chi connectivity index (χ1) is 23.7. The van der Waals surface area contributed by atoms with Crippen LogP contribution in [0, 0.1) is 13.8 Å². The lowest BCUT2D eigenvalue weighted by atomic mass is 9.98. The number of rotatable bonds is 3. The largest absolute Gasteiger partial charge is 0.573 e. The Kier molecular flexibility index (Phi) is 7.92. The van der Waals surface area contributed by atoms with Gasteiger partial charge in [-0.25, -0.2) is 18.1 Å². The van der Waals surface area contributed by atoms with Crippen LogP contribution in [0.2, 0.25) is 0 Å². The maximum Gasteiger partial charge on any atom is 0.573 e. The molecule has 3 aromatic carbocycles. The average Bonchev–Trinajstić information content (AvgIpc) is 3.47. The molecule has 50 heavy (non-hydrogen) atoms. The van der Waals surface area contributed by atoms with Crippen molar-refractivity contribution in [3.05, 3.63) is 95.2 Å². The standard InChI is InChI=1S/C34H29F3N6O6S/c1-19-5-3-6-20(2)29(19)26-18-28-40-32(39-26)42-50(46,47)24-8-4-7-22(15-24)30(44)41-33(49-28)11-13-43(14-12-33)31(45)27-16-21-9-10-23(17-25(21)38-27)48-34(35,36)37/h3-10,15-18,38H,11-14H2,1-2H3,(H,41,44)(H,39,40,42). The van der Waals surface area contributed by atoms with E-state index >= 15 is 0 Å². The Labute approximate surface area is 283 Å². The number of sulfonamides is 1. The van der Waals surface area contributed by atoms with E-state index in [0.29, 0.717) is 11.1 Å². The van der Waals surface area contributed by atoms with E-state index < -0.39 is 39.7 Å². The Hall–Kier alpha value is -5.64. The van der Waals surface area contributed by atoms with E-state index in [1.807, 2.05) is 32.0 Å². The van der Waals surface area contributed by atoms with Crippen molar-refractivity contribution >= 4 is 38.7 Å². The molecule has 1 spiro atoms. The predicted molar refractivity (Wildman–Crippen MR) is 175 cm³/mol. The monoisotopic (exact) mass is 706 g/mol. The van der Waals surface area contributed by atoms with Crippen LogP contribution in [-0.2, 0) is 10.0 Å². The summed E-state index contributed by atoms with van der Waals surface area (Å²) in [7, 11) is -4.20. The van der Waals surface area contributed by atoms with Gasteiger partial charge in [0, 0.05) is 60.1 Å². The number of likely N-dealkylation sites (tertiary alicyclic amines) is 1. The highest BCUT2D eigenvalue weighted by Gasteiger charge is 2.41. The van der Waals surface area contributed by atoms with E-state index in [4.69, 9.17) is 4.74 Å². The van der Waals surface area contributed by atoms with Crippen LogP contribution in [0.5, 0.6) is 11.6 Å². The van der Waals surface area contributed by atoms with Crippen molar-refractivity contribution in [3.63, 3.8) is 0 Å². The summed E-state index contributed by atoms with van der Waals surface area (Å²) in [6.45, 7) is 4.03. The number of aryl methyl sites for hydroxylation is 2. The first-order valence-electron chi connectivity index (χ1n) is 15.4. The zero-order valence-electron chi connectivity index (χ0n) is 26.6. The highest BCUT2D eigenvalue weighted by molar-refractivity contribution is 7.92. The van der Waals surface area contributed by atoms with Gasteiger partial charge in [-0.3, -0.25) is 9.59 Å². The fourth-order valence-electron chi connectivity index (χ4n) is 6.24. The normalized spacial score (nSPS) is 16.8. The van der Waals surface area contributed by atoms with Crippen LogP contribution in [0.3, 0.4) is 0 Å². The second kappa shape index (κ2) is 12.0. The summed E-state index contributed by atoms with van der Waals surface area (Å²) >= 11 is 0. The van der Waals surface area contributed by atoms with Crippen molar-refractivity contribution in [2.45, 2.75) is 43.7 Å². The van der Waals surface area contributed by atoms with E-state index in [9.17, 15) is 31.2 Å². The number of benzene rings is 3. The highest BCUT2D eigenvalue weighted by Crippen LogP contribution is 2.34. The van der Waals surface area contributed by atoms with E-state index in [2.05, 4.69) is 29.7 Å². The summed E-state index contributed by atoms with van der Waals surface area (Å²) in [5.41, 5.74) is 2.05. The van der Waals surface area contributed by atoms with E-state index in [-0.39, 0.29) is 59.4 Å². The minimum atomic E-state index is -4.86. The maximum absolute atomic E-state index is 13.6. The van der Waals surface area contributed by atoms with Gasteiger partial charge in [-0.05, 0) is 61.4 Å². The summed E-state index contributed by atoms with van der Waals surface area (Å²) < 4.78 is 77.8. The lowest BCUT2D eigenvalue weighted by Gasteiger charge is -2.41. The third-order valence-electron chi connectivity index (χ3n) is 8.63. The van der Waals surface area contributed by atoms with Gasteiger partial charge >= 0.3 is 6.36 Å². The first-order valence-corrected chi connectivity index (χ1v) is 16.9. The molecule has 2 aliphatic heterocycles. The number of halogens is 3. The molecular formula is C34H29F3N6O6S. The number of piperidine rings is 1. The summed E-state index contributed by atoms with van der Waals surface area (Å²) in [6, 6.07) is 18.1. The molecule has 12 nitrogen and oxygen atoms in total. The molecule has 2 amide bonds. The topological polar surface area (TPSA) is 156 Å². The van der Waals surface area contributed by atoms with Gasteiger partial charge in [0.2, 0.25) is 11.8 Å². The summed E-state index contributed by atoms with van der Waals surface area (Å²) in [5.74, 6) is -1.67. The summed E-state index contributed by atoms with van der Waals surface area (Å²) in [6.07, 6.45) is -4.64. The van der Waals surface area contributed by atoms with Crippen molar-refractivity contribution in [3.8, 4) is 22.9 Å². The number of fused-ring (bicyclic) bond motifs is 5. The molecular weight excluding hydrogens is 677 g/mol. The second-order valence-corrected chi connectivity index (χ2v) is 13.8. The zero-order valence-corrected chi connectivity index (χ0v) is 27.4. The Balaban J connectivity index is 1.22. The number of carbonyl (C=O) groups excluding carboxylic acids is 2. The number of H-pyrrole nitrogens is 1. The minimum absolute atomic E-state index is 0.00726. The van der Waals surface area contributed by atoms with Gasteiger partial charge in [0.15, 0.2) is 5.72 Å².